The minimum absolute atomic E-state index is 0.119. The van der Waals surface area contributed by atoms with Gasteiger partial charge in [-0.2, -0.15) is 0 Å². The molecule has 2 heteroatoms. The monoisotopic (exact) mass is 254 g/mol. The van der Waals surface area contributed by atoms with Crippen LogP contribution in [0.25, 0.3) is 6.08 Å². The summed E-state index contributed by atoms with van der Waals surface area (Å²) >= 11 is 1.32. The SMILES string of the molecule is O=C(SC/C=C/c1ccccc1)c1ccccc1. The van der Waals surface area contributed by atoms with Crippen molar-refractivity contribution in [1.82, 2.24) is 0 Å². The quantitative estimate of drug-likeness (QED) is 0.810. The van der Waals surface area contributed by atoms with E-state index in [1.807, 2.05) is 72.8 Å². The van der Waals surface area contributed by atoms with Gasteiger partial charge in [0.15, 0.2) is 0 Å². The van der Waals surface area contributed by atoms with E-state index in [1.165, 1.54) is 11.8 Å². The smallest absolute Gasteiger partial charge is 0.219 e. The molecule has 90 valence electrons. The van der Waals surface area contributed by atoms with E-state index >= 15 is 0 Å². The Morgan fingerprint density at radius 3 is 2.22 bits per heavy atom. The molecule has 2 rings (SSSR count). The Balaban J connectivity index is 1.83. The maximum Gasteiger partial charge on any atom is 0.219 e. The third-order valence-electron chi connectivity index (χ3n) is 2.43. The van der Waals surface area contributed by atoms with Gasteiger partial charge in [0.25, 0.3) is 0 Å². The van der Waals surface area contributed by atoms with Crippen LogP contribution in [0.4, 0.5) is 0 Å². The Morgan fingerprint density at radius 2 is 1.56 bits per heavy atom. The van der Waals surface area contributed by atoms with E-state index in [0.717, 1.165) is 11.1 Å². The summed E-state index contributed by atoms with van der Waals surface area (Å²) in [5, 5.41) is 0.119. The Labute approximate surface area is 112 Å². The third kappa shape index (κ3) is 3.90. The van der Waals surface area contributed by atoms with Crippen molar-refractivity contribution >= 4 is 23.0 Å². The molecule has 0 N–H and O–H groups in total. The second kappa shape index (κ2) is 6.82. The number of carbonyl (C=O) groups is 1. The van der Waals surface area contributed by atoms with Crippen molar-refractivity contribution in [2.75, 3.05) is 5.75 Å². The first-order valence-electron chi connectivity index (χ1n) is 5.80. The highest BCUT2D eigenvalue weighted by atomic mass is 32.2. The average Bonchev–Trinajstić information content (AvgIpc) is 2.45. The van der Waals surface area contributed by atoms with Gasteiger partial charge in [-0.25, -0.2) is 0 Å². The van der Waals surface area contributed by atoms with E-state index in [2.05, 4.69) is 0 Å². The number of hydrogen-bond acceptors (Lipinski definition) is 2. The van der Waals surface area contributed by atoms with Crippen LogP contribution in [0.1, 0.15) is 15.9 Å². The lowest BCUT2D eigenvalue weighted by molar-refractivity contribution is 0.108. The minimum Gasteiger partial charge on any atom is -0.282 e. The van der Waals surface area contributed by atoms with Gasteiger partial charge in [-0.15, -0.1) is 0 Å². The molecule has 0 fully saturated rings. The topological polar surface area (TPSA) is 17.1 Å². The van der Waals surface area contributed by atoms with Crippen LogP contribution in [0, 0.1) is 0 Å². The number of benzene rings is 2. The van der Waals surface area contributed by atoms with Crippen molar-refractivity contribution < 1.29 is 4.79 Å². The molecule has 0 radical (unpaired) electrons. The van der Waals surface area contributed by atoms with E-state index in [1.54, 1.807) is 0 Å². The standard InChI is InChI=1S/C16H14OS/c17-16(15-11-5-2-6-12-15)18-13-7-10-14-8-3-1-4-9-14/h1-12H,13H2/b10-7+. The van der Waals surface area contributed by atoms with Crippen LogP contribution < -0.4 is 0 Å². The third-order valence-corrected chi connectivity index (χ3v) is 3.29. The molecule has 2 aromatic carbocycles. The first-order valence-corrected chi connectivity index (χ1v) is 6.78. The molecule has 0 aromatic heterocycles. The van der Waals surface area contributed by atoms with Crippen molar-refractivity contribution in [2.45, 2.75) is 0 Å². The molecule has 0 aliphatic rings. The molecule has 0 aliphatic heterocycles. The highest BCUT2D eigenvalue weighted by Gasteiger charge is 2.03. The van der Waals surface area contributed by atoms with Gasteiger partial charge < -0.3 is 0 Å². The first-order chi connectivity index (χ1) is 8.86. The molecule has 0 aliphatic carbocycles. The van der Waals surface area contributed by atoms with Crippen molar-refractivity contribution in [3.63, 3.8) is 0 Å². The normalized spacial score (nSPS) is 10.7. The summed E-state index contributed by atoms with van der Waals surface area (Å²) in [4.78, 5) is 11.8. The molecule has 2 aromatic rings. The van der Waals surface area contributed by atoms with Crippen molar-refractivity contribution in [3.8, 4) is 0 Å². The molecule has 0 heterocycles. The average molecular weight is 254 g/mol. The van der Waals surface area contributed by atoms with Gasteiger partial charge in [-0.1, -0.05) is 84.6 Å². The van der Waals surface area contributed by atoms with Gasteiger partial charge in [0.1, 0.15) is 0 Å². The Hall–Kier alpha value is -1.80. The lowest BCUT2D eigenvalue weighted by Crippen LogP contribution is -1.92. The van der Waals surface area contributed by atoms with Gasteiger partial charge >= 0.3 is 0 Å². The van der Waals surface area contributed by atoms with Crippen molar-refractivity contribution in [2.24, 2.45) is 0 Å². The van der Waals surface area contributed by atoms with E-state index in [-0.39, 0.29) is 5.12 Å². The molecule has 0 spiro atoms. The summed E-state index contributed by atoms with van der Waals surface area (Å²) in [7, 11) is 0. The number of hydrogen-bond donors (Lipinski definition) is 0. The van der Waals surface area contributed by atoms with Gasteiger partial charge in [-0.3, -0.25) is 4.79 Å². The molecule has 0 amide bonds. The first kappa shape index (κ1) is 12.7. The number of carbonyl (C=O) groups excluding carboxylic acids is 1. The zero-order valence-electron chi connectivity index (χ0n) is 9.95. The maximum absolute atomic E-state index is 11.8. The maximum atomic E-state index is 11.8. The minimum atomic E-state index is 0.119. The predicted octanol–water partition coefficient (Wildman–Crippen LogP) is 4.27. The van der Waals surface area contributed by atoms with Crippen LogP contribution in [0.2, 0.25) is 0 Å². The van der Waals surface area contributed by atoms with Crippen LogP contribution in [-0.2, 0) is 0 Å². The Morgan fingerprint density at radius 1 is 0.944 bits per heavy atom. The fourth-order valence-corrected chi connectivity index (χ4v) is 2.18. The second-order valence-corrected chi connectivity index (χ2v) is 4.77. The summed E-state index contributed by atoms with van der Waals surface area (Å²) in [6.07, 6.45) is 4.05. The summed E-state index contributed by atoms with van der Waals surface area (Å²) in [5.41, 5.74) is 1.92. The summed E-state index contributed by atoms with van der Waals surface area (Å²) in [6, 6.07) is 19.4. The van der Waals surface area contributed by atoms with Crippen LogP contribution >= 0.6 is 11.8 Å². The van der Waals surface area contributed by atoms with Crippen molar-refractivity contribution in [1.29, 1.82) is 0 Å². The van der Waals surface area contributed by atoms with Crippen molar-refractivity contribution in [3.05, 3.63) is 77.9 Å². The zero-order valence-corrected chi connectivity index (χ0v) is 10.8. The molecule has 0 unspecified atom stereocenters. The van der Waals surface area contributed by atoms with Crippen LogP contribution in [0.15, 0.2) is 66.7 Å². The lowest BCUT2D eigenvalue weighted by Gasteiger charge is -1.97. The van der Waals surface area contributed by atoms with Crippen LogP contribution in [0.5, 0.6) is 0 Å². The molecular weight excluding hydrogens is 240 g/mol. The Bertz CT molecular complexity index is 517. The highest BCUT2D eigenvalue weighted by molar-refractivity contribution is 8.14. The highest BCUT2D eigenvalue weighted by Crippen LogP contribution is 2.12. The summed E-state index contributed by atoms with van der Waals surface area (Å²) < 4.78 is 0. The molecule has 18 heavy (non-hydrogen) atoms. The molecule has 0 saturated heterocycles. The van der Waals surface area contributed by atoms with E-state index in [9.17, 15) is 4.79 Å². The van der Waals surface area contributed by atoms with Gasteiger partial charge in [0.05, 0.1) is 0 Å². The van der Waals surface area contributed by atoms with Crippen LogP contribution in [0.3, 0.4) is 0 Å². The lowest BCUT2D eigenvalue weighted by atomic mass is 10.2. The molecule has 0 atom stereocenters. The zero-order chi connectivity index (χ0) is 12.6. The Kier molecular flexibility index (Phi) is 4.79. The van der Waals surface area contributed by atoms with Gasteiger partial charge in [-0.05, 0) is 5.56 Å². The van der Waals surface area contributed by atoms with Gasteiger partial charge in [0, 0.05) is 11.3 Å². The van der Waals surface area contributed by atoms with Gasteiger partial charge in [0.2, 0.25) is 5.12 Å². The largest absolute Gasteiger partial charge is 0.282 e. The molecule has 1 nitrogen and oxygen atoms in total. The van der Waals surface area contributed by atoms with E-state index < -0.39 is 0 Å². The number of rotatable bonds is 4. The summed E-state index contributed by atoms with van der Waals surface area (Å²) in [6.45, 7) is 0. The fourth-order valence-electron chi connectivity index (χ4n) is 1.53. The summed E-state index contributed by atoms with van der Waals surface area (Å²) in [5.74, 6) is 0.697. The number of thioether (sulfide) groups is 1. The molecule has 0 bridgehead atoms. The molecule has 0 saturated carbocycles. The van der Waals surface area contributed by atoms with E-state index in [0.29, 0.717) is 5.75 Å². The predicted molar refractivity (Wildman–Crippen MR) is 78.7 cm³/mol. The van der Waals surface area contributed by atoms with Crippen LogP contribution in [-0.4, -0.2) is 10.9 Å². The second-order valence-electron chi connectivity index (χ2n) is 3.78. The molecular formula is C16H14OS. The fraction of sp³-hybridized carbons (Fsp3) is 0.0625. The van der Waals surface area contributed by atoms with E-state index in [4.69, 9.17) is 0 Å².